The number of rotatable bonds is 1. The molecule has 3 heterocycles. The Hall–Kier alpha value is -0.865. The fraction of sp³-hybridized carbons (Fsp3) is 0.625. The third kappa shape index (κ3) is 3.70. The first-order valence-corrected chi connectivity index (χ1v) is 8.91. The molecule has 0 unspecified atom stereocenters. The Morgan fingerprint density at radius 2 is 1.25 bits per heavy atom. The van der Waals surface area contributed by atoms with Crippen LogP contribution in [0.25, 0.3) is 0 Å². The fourth-order valence-electron chi connectivity index (χ4n) is 2.26. The molecule has 24 heavy (non-hydrogen) atoms. The maximum Gasteiger partial charge on any atom is 0.500 e. The van der Waals surface area contributed by atoms with Crippen LogP contribution < -0.4 is 5.46 Å². The molecule has 0 aromatic carbocycles. The van der Waals surface area contributed by atoms with Gasteiger partial charge in [0.1, 0.15) is 11.5 Å². The lowest BCUT2D eigenvalue weighted by Gasteiger charge is -2.32. The first-order valence-electron chi connectivity index (χ1n) is 7.83. The highest BCUT2D eigenvalue weighted by atomic mass is 127. The van der Waals surface area contributed by atoms with Crippen molar-refractivity contribution < 1.29 is 18.4 Å². The van der Waals surface area contributed by atoms with Crippen LogP contribution in [-0.2, 0) is 9.31 Å². The Labute approximate surface area is 156 Å². The van der Waals surface area contributed by atoms with Gasteiger partial charge >= 0.3 is 7.12 Å². The van der Waals surface area contributed by atoms with E-state index in [2.05, 4.69) is 32.9 Å². The SMILES string of the molecule is Cc1noc(C)c1B1OC(C)(C)C(C)(C)O1.Cc1noc(C)c1I. The van der Waals surface area contributed by atoms with E-state index in [4.69, 9.17) is 18.4 Å². The van der Waals surface area contributed by atoms with Gasteiger partial charge in [0.25, 0.3) is 0 Å². The van der Waals surface area contributed by atoms with E-state index in [1.165, 1.54) is 0 Å². The summed E-state index contributed by atoms with van der Waals surface area (Å²) in [5.41, 5.74) is 2.07. The van der Waals surface area contributed by atoms with E-state index in [9.17, 15) is 0 Å². The number of hydrogen-bond donors (Lipinski definition) is 0. The smallest absolute Gasteiger partial charge is 0.399 e. The molecule has 1 saturated heterocycles. The summed E-state index contributed by atoms with van der Waals surface area (Å²) in [4.78, 5) is 0. The van der Waals surface area contributed by atoms with Crippen molar-refractivity contribution in [2.75, 3.05) is 0 Å². The van der Waals surface area contributed by atoms with Crippen molar-refractivity contribution in [2.24, 2.45) is 0 Å². The predicted octanol–water partition coefficient (Wildman–Crippen LogP) is 3.49. The lowest BCUT2D eigenvalue weighted by molar-refractivity contribution is 0.00578. The normalized spacial score (nSPS) is 18.5. The molecule has 1 aliphatic rings. The highest BCUT2D eigenvalue weighted by Gasteiger charge is 2.53. The Balaban J connectivity index is 0.000000219. The van der Waals surface area contributed by atoms with E-state index in [1.54, 1.807) is 0 Å². The Morgan fingerprint density at radius 1 is 0.792 bits per heavy atom. The summed E-state index contributed by atoms with van der Waals surface area (Å²) < 4.78 is 23.0. The van der Waals surface area contributed by atoms with Crippen LogP contribution in [0.2, 0.25) is 0 Å². The van der Waals surface area contributed by atoms with Crippen molar-refractivity contribution in [3.8, 4) is 0 Å². The second kappa shape index (κ2) is 6.80. The van der Waals surface area contributed by atoms with Gasteiger partial charge in [0.15, 0.2) is 0 Å². The van der Waals surface area contributed by atoms with Crippen LogP contribution in [0.15, 0.2) is 9.05 Å². The third-order valence-corrected chi connectivity index (χ3v) is 6.06. The maximum absolute atomic E-state index is 5.95. The lowest BCUT2D eigenvalue weighted by Crippen LogP contribution is -2.41. The Kier molecular flexibility index (Phi) is 5.51. The summed E-state index contributed by atoms with van der Waals surface area (Å²) in [5.74, 6) is 1.67. The molecule has 0 amide bonds. The molecule has 3 rings (SSSR count). The molecule has 1 fully saturated rings. The number of hydrogen-bond acceptors (Lipinski definition) is 6. The van der Waals surface area contributed by atoms with Gasteiger partial charge in [0, 0.05) is 5.46 Å². The van der Waals surface area contributed by atoms with Gasteiger partial charge in [0.05, 0.1) is 26.2 Å². The van der Waals surface area contributed by atoms with E-state index in [0.29, 0.717) is 0 Å². The molecular weight excluding hydrogens is 422 g/mol. The lowest BCUT2D eigenvalue weighted by atomic mass is 9.77. The van der Waals surface area contributed by atoms with Gasteiger partial charge in [-0.2, -0.15) is 0 Å². The molecule has 2 aromatic heterocycles. The van der Waals surface area contributed by atoms with Gasteiger partial charge in [-0.25, -0.2) is 0 Å². The summed E-state index contributed by atoms with van der Waals surface area (Å²) >= 11 is 2.21. The van der Waals surface area contributed by atoms with E-state index < -0.39 is 0 Å². The van der Waals surface area contributed by atoms with Crippen LogP contribution in [0.1, 0.15) is 50.6 Å². The number of nitrogens with zero attached hydrogens (tertiary/aromatic N) is 2. The van der Waals surface area contributed by atoms with Crippen LogP contribution in [0.3, 0.4) is 0 Å². The minimum Gasteiger partial charge on any atom is -0.399 e. The van der Waals surface area contributed by atoms with Crippen LogP contribution in [0, 0.1) is 31.3 Å². The van der Waals surface area contributed by atoms with Gasteiger partial charge in [-0.1, -0.05) is 10.3 Å². The molecule has 6 nitrogen and oxygen atoms in total. The standard InChI is InChI=1S/C11H18BNO3.C5H6INO/c1-7-9(8(2)14-13-7)12-15-10(3,4)11(5,6)16-12;1-3-5(6)4(2)8-7-3/h1-6H3;1-2H3. The van der Waals surface area contributed by atoms with Gasteiger partial charge in [-0.05, 0) is 78.0 Å². The second-order valence-corrected chi connectivity index (χ2v) is 8.04. The monoisotopic (exact) mass is 446 g/mol. The molecule has 0 saturated carbocycles. The van der Waals surface area contributed by atoms with Gasteiger partial charge < -0.3 is 18.4 Å². The molecule has 2 aromatic rings. The Morgan fingerprint density at radius 3 is 1.54 bits per heavy atom. The molecular formula is C16H24BIN2O4. The van der Waals surface area contributed by atoms with Crippen molar-refractivity contribution in [2.45, 2.75) is 66.6 Å². The largest absolute Gasteiger partial charge is 0.500 e. The molecule has 0 spiro atoms. The second-order valence-electron chi connectivity index (χ2n) is 6.96. The highest BCUT2D eigenvalue weighted by molar-refractivity contribution is 14.1. The summed E-state index contributed by atoms with van der Waals surface area (Å²) in [6.45, 7) is 15.7. The average Bonchev–Trinajstić information content (AvgIpc) is 3.02. The number of aromatic nitrogens is 2. The third-order valence-electron chi connectivity index (χ3n) is 4.52. The summed E-state index contributed by atoms with van der Waals surface area (Å²) in [5, 5.41) is 7.65. The number of aryl methyl sites for hydroxylation is 4. The van der Waals surface area contributed by atoms with E-state index >= 15 is 0 Å². The summed E-state index contributed by atoms with van der Waals surface area (Å²) in [6.07, 6.45) is 0. The predicted molar refractivity (Wildman–Crippen MR) is 100 cm³/mol. The molecule has 8 heteroatoms. The van der Waals surface area contributed by atoms with Crippen molar-refractivity contribution >= 4 is 35.2 Å². The molecule has 0 N–H and O–H groups in total. The van der Waals surface area contributed by atoms with Crippen LogP contribution in [0.4, 0.5) is 0 Å². The van der Waals surface area contributed by atoms with Gasteiger partial charge in [-0.15, -0.1) is 0 Å². The zero-order chi connectivity index (χ0) is 18.3. The molecule has 0 bridgehead atoms. The molecule has 0 aliphatic carbocycles. The topological polar surface area (TPSA) is 70.5 Å². The van der Waals surface area contributed by atoms with Gasteiger partial charge in [-0.3, -0.25) is 0 Å². The quantitative estimate of drug-likeness (QED) is 0.494. The van der Waals surface area contributed by atoms with Crippen molar-refractivity contribution in [3.05, 3.63) is 26.5 Å². The minimum absolute atomic E-state index is 0.326. The van der Waals surface area contributed by atoms with Crippen molar-refractivity contribution in [1.82, 2.24) is 10.3 Å². The molecule has 1 aliphatic heterocycles. The van der Waals surface area contributed by atoms with E-state index in [-0.39, 0.29) is 18.3 Å². The molecule has 0 radical (unpaired) electrons. The zero-order valence-corrected chi connectivity index (χ0v) is 17.6. The highest BCUT2D eigenvalue weighted by Crippen LogP contribution is 2.36. The van der Waals surface area contributed by atoms with Crippen LogP contribution in [-0.4, -0.2) is 28.6 Å². The maximum atomic E-state index is 5.95. The van der Waals surface area contributed by atoms with Crippen molar-refractivity contribution in [1.29, 1.82) is 0 Å². The molecule has 0 atom stereocenters. The van der Waals surface area contributed by atoms with Gasteiger partial charge in [0.2, 0.25) is 0 Å². The van der Waals surface area contributed by atoms with Crippen LogP contribution >= 0.6 is 22.6 Å². The first kappa shape index (κ1) is 19.5. The van der Waals surface area contributed by atoms with E-state index in [0.717, 1.165) is 31.9 Å². The van der Waals surface area contributed by atoms with Crippen LogP contribution in [0.5, 0.6) is 0 Å². The van der Waals surface area contributed by atoms with E-state index in [1.807, 2.05) is 55.4 Å². The zero-order valence-electron chi connectivity index (χ0n) is 15.5. The van der Waals surface area contributed by atoms with Crippen molar-refractivity contribution in [3.63, 3.8) is 0 Å². The first-order chi connectivity index (χ1) is 11.0. The summed E-state index contributed by atoms with van der Waals surface area (Å²) in [6, 6.07) is 0. The Bertz CT molecular complexity index is 669. The fourth-order valence-corrected chi connectivity index (χ4v) is 2.46. The summed E-state index contributed by atoms with van der Waals surface area (Å²) in [7, 11) is -0.378. The molecule has 132 valence electrons. The number of halogens is 1. The average molecular weight is 446 g/mol. The minimum atomic E-state index is -0.378.